The SMILES string of the molecule is O=C(Nc1nc2c(F)cc(F)cc2s1)C1CCCN1S(=O)(=O)c1ccc(F)cc1. The summed E-state index contributed by atoms with van der Waals surface area (Å²) in [5.74, 6) is -2.80. The van der Waals surface area contributed by atoms with Gasteiger partial charge in [0, 0.05) is 12.6 Å². The van der Waals surface area contributed by atoms with Crippen LogP contribution in [0.2, 0.25) is 0 Å². The van der Waals surface area contributed by atoms with E-state index in [-0.39, 0.29) is 26.8 Å². The maximum Gasteiger partial charge on any atom is 0.244 e. The molecule has 0 aliphatic carbocycles. The first-order valence-electron chi connectivity index (χ1n) is 8.59. The topological polar surface area (TPSA) is 79.4 Å². The van der Waals surface area contributed by atoms with E-state index in [1.165, 1.54) is 0 Å². The van der Waals surface area contributed by atoms with Crippen molar-refractivity contribution in [1.29, 1.82) is 0 Å². The Hall–Kier alpha value is -2.50. The molecule has 152 valence electrons. The zero-order valence-electron chi connectivity index (χ0n) is 14.7. The van der Waals surface area contributed by atoms with Crippen LogP contribution in [0.1, 0.15) is 12.8 Å². The third kappa shape index (κ3) is 3.72. The zero-order valence-corrected chi connectivity index (χ0v) is 16.4. The standard InChI is InChI=1S/C18H14F3N3O3S2/c19-10-3-5-12(6-4-10)29(26,27)24-7-1-2-14(24)17(25)23-18-22-16-13(21)8-11(20)9-15(16)28-18/h3-6,8-9,14H,1-2,7H2,(H,22,23,25). The van der Waals surface area contributed by atoms with Gasteiger partial charge in [-0.2, -0.15) is 4.31 Å². The van der Waals surface area contributed by atoms with Crippen molar-refractivity contribution in [2.45, 2.75) is 23.8 Å². The Labute approximate surface area is 168 Å². The molecule has 0 saturated carbocycles. The monoisotopic (exact) mass is 441 g/mol. The molecule has 1 N–H and O–H groups in total. The minimum absolute atomic E-state index is 0.0422. The summed E-state index contributed by atoms with van der Waals surface area (Å²) in [6.45, 7) is 0.136. The molecule has 1 saturated heterocycles. The number of hydrogen-bond acceptors (Lipinski definition) is 5. The van der Waals surface area contributed by atoms with Crippen LogP contribution < -0.4 is 5.32 Å². The molecule has 4 rings (SSSR count). The summed E-state index contributed by atoms with van der Waals surface area (Å²) in [6.07, 6.45) is 0.762. The summed E-state index contributed by atoms with van der Waals surface area (Å²) >= 11 is 0.887. The molecule has 1 amide bonds. The number of halogens is 3. The van der Waals surface area contributed by atoms with E-state index in [0.717, 1.165) is 46.0 Å². The lowest BCUT2D eigenvalue weighted by molar-refractivity contribution is -0.119. The summed E-state index contributed by atoms with van der Waals surface area (Å²) in [4.78, 5) is 16.5. The fourth-order valence-electron chi connectivity index (χ4n) is 3.23. The molecule has 1 aliphatic rings. The van der Waals surface area contributed by atoms with Crippen molar-refractivity contribution in [3.8, 4) is 0 Å². The first-order valence-corrected chi connectivity index (χ1v) is 10.9. The molecule has 0 bridgehead atoms. The molecule has 1 atom stereocenters. The predicted octanol–water partition coefficient (Wildman–Crippen LogP) is 3.51. The number of aromatic nitrogens is 1. The lowest BCUT2D eigenvalue weighted by Crippen LogP contribution is -2.43. The number of nitrogens with one attached hydrogen (secondary N) is 1. The molecule has 11 heteroatoms. The fourth-order valence-corrected chi connectivity index (χ4v) is 5.80. The molecule has 29 heavy (non-hydrogen) atoms. The van der Waals surface area contributed by atoms with Gasteiger partial charge >= 0.3 is 0 Å². The summed E-state index contributed by atoms with van der Waals surface area (Å²) in [5.41, 5.74) is -0.0751. The van der Waals surface area contributed by atoms with Crippen LogP contribution in [0.5, 0.6) is 0 Å². The Morgan fingerprint density at radius 1 is 1.14 bits per heavy atom. The summed E-state index contributed by atoms with van der Waals surface area (Å²) in [7, 11) is -4.00. The molecule has 0 spiro atoms. The lowest BCUT2D eigenvalue weighted by atomic mass is 10.2. The second-order valence-electron chi connectivity index (χ2n) is 6.47. The van der Waals surface area contributed by atoms with Crippen LogP contribution in [0.3, 0.4) is 0 Å². The molecule has 2 aromatic carbocycles. The van der Waals surface area contributed by atoms with Gasteiger partial charge in [0.2, 0.25) is 15.9 Å². The van der Waals surface area contributed by atoms with Crippen LogP contribution in [0.25, 0.3) is 10.2 Å². The van der Waals surface area contributed by atoms with Gasteiger partial charge in [-0.15, -0.1) is 0 Å². The second-order valence-corrected chi connectivity index (χ2v) is 9.39. The normalized spacial score (nSPS) is 17.7. The van der Waals surface area contributed by atoms with E-state index < -0.39 is 39.4 Å². The second kappa shape index (κ2) is 7.39. The number of benzene rings is 2. The molecule has 1 fully saturated rings. The Balaban J connectivity index is 1.58. The Morgan fingerprint density at radius 2 is 1.86 bits per heavy atom. The maximum absolute atomic E-state index is 13.8. The van der Waals surface area contributed by atoms with E-state index in [9.17, 15) is 26.4 Å². The molecule has 1 aromatic heterocycles. The first-order chi connectivity index (χ1) is 13.8. The molecule has 1 unspecified atom stereocenters. The highest BCUT2D eigenvalue weighted by molar-refractivity contribution is 7.89. The van der Waals surface area contributed by atoms with E-state index in [2.05, 4.69) is 10.3 Å². The first kappa shape index (κ1) is 19.8. The highest BCUT2D eigenvalue weighted by Crippen LogP contribution is 2.31. The van der Waals surface area contributed by atoms with E-state index >= 15 is 0 Å². The maximum atomic E-state index is 13.8. The highest BCUT2D eigenvalue weighted by atomic mass is 32.2. The van der Waals surface area contributed by atoms with Crippen molar-refractivity contribution < 1.29 is 26.4 Å². The quantitative estimate of drug-likeness (QED) is 0.672. The average Bonchev–Trinajstić information content (AvgIpc) is 3.29. The number of sulfonamides is 1. The smallest absolute Gasteiger partial charge is 0.244 e. The fraction of sp³-hybridized carbons (Fsp3) is 0.222. The minimum Gasteiger partial charge on any atom is -0.301 e. The number of carbonyl (C=O) groups is 1. The summed E-state index contributed by atoms with van der Waals surface area (Å²) in [6, 6.07) is 5.16. The van der Waals surface area contributed by atoms with Crippen molar-refractivity contribution in [1.82, 2.24) is 9.29 Å². The zero-order chi connectivity index (χ0) is 20.8. The Morgan fingerprint density at radius 3 is 2.59 bits per heavy atom. The van der Waals surface area contributed by atoms with Gasteiger partial charge in [0.05, 0.1) is 9.60 Å². The van der Waals surface area contributed by atoms with Crippen molar-refractivity contribution >= 4 is 42.6 Å². The van der Waals surface area contributed by atoms with Gasteiger partial charge < -0.3 is 5.32 Å². The molecule has 0 radical (unpaired) electrons. The lowest BCUT2D eigenvalue weighted by Gasteiger charge is -2.23. The summed E-state index contributed by atoms with van der Waals surface area (Å²) in [5, 5.41) is 2.54. The van der Waals surface area contributed by atoms with E-state index in [1.54, 1.807) is 0 Å². The third-order valence-corrected chi connectivity index (χ3v) is 7.41. The third-order valence-electron chi connectivity index (χ3n) is 4.57. The predicted molar refractivity (Wildman–Crippen MR) is 101 cm³/mol. The van der Waals surface area contributed by atoms with Gasteiger partial charge in [-0.3, -0.25) is 4.79 Å². The highest BCUT2D eigenvalue weighted by Gasteiger charge is 2.39. The molecular formula is C18H14F3N3O3S2. The number of hydrogen-bond donors (Lipinski definition) is 1. The van der Waals surface area contributed by atoms with Gasteiger partial charge in [0.25, 0.3) is 0 Å². The van der Waals surface area contributed by atoms with Gasteiger partial charge in [-0.1, -0.05) is 11.3 Å². The van der Waals surface area contributed by atoms with Crippen LogP contribution in [0.15, 0.2) is 41.3 Å². The van der Waals surface area contributed by atoms with Gasteiger partial charge in [-0.25, -0.2) is 26.6 Å². The van der Waals surface area contributed by atoms with Crippen molar-refractivity contribution in [2.24, 2.45) is 0 Å². The largest absolute Gasteiger partial charge is 0.301 e. The molecule has 3 aromatic rings. The van der Waals surface area contributed by atoms with Crippen LogP contribution >= 0.6 is 11.3 Å². The van der Waals surface area contributed by atoms with Gasteiger partial charge in [0.1, 0.15) is 23.2 Å². The van der Waals surface area contributed by atoms with Gasteiger partial charge in [0.15, 0.2) is 10.9 Å². The van der Waals surface area contributed by atoms with E-state index in [1.807, 2.05) is 0 Å². The van der Waals surface area contributed by atoms with Crippen LogP contribution in [0, 0.1) is 17.5 Å². The molecule has 2 heterocycles. The van der Waals surface area contributed by atoms with Crippen molar-refractivity contribution in [2.75, 3.05) is 11.9 Å². The Kier molecular flexibility index (Phi) is 5.05. The number of thiazole rings is 1. The van der Waals surface area contributed by atoms with Crippen LogP contribution in [-0.2, 0) is 14.8 Å². The Bertz CT molecular complexity index is 1200. The van der Waals surface area contributed by atoms with Crippen molar-refractivity contribution in [3.05, 3.63) is 53.8 Å². The van der Waals surface area contributed by atoms with E-state index in [4.69, 9.17) is 0 Å². The number of rotatable bonds is 4. The molecular weight excluding hydrogens is 427 g/mol. The van der Waals surface area contributed by atoms with E-state index in [0.29, 0.717) is 18.9 Å². The molecule has 6 nitrogen and oxygen atoms in total. The number of nitrogens with zero attached hydrogens (tertiary/aromatic N) is 2. The van der Waals surface area contributed by atoms with Crippen LogP contribution in [-0.4, -0.2) is 36.2 Å². The molecule has 1 aliphatic heterocycles. The summed E-state index contributed by atoms with van der Waals surface area (Å²) < 4.78 is 67.3. The number of anilines is 1. The number of amides is 1. The number of carbonyl (C=O) groups excluding carboxylic acids is 1. The van der Waals surface area contributed by atoms with Crippen LogP contribution in [0.4, 0.5) is 18.3 Å². The number of fused-ring (bicyclic) bond motifs is 1. The van der Waals surface area contributed by atoms with Crippen molar-refractivity contribution in [3.63, 3.8) is 0 Å². The van der Waals surface area contributed by atoms with Gasteiger partial charge in [-0.05, 0) is 43.2 Å². The minimum atomic E-state index is -4.00. The average molecular weight is 441 g/mol.